The van der Waals surface area contributed by atoms with Gasteiger partial charge in [0.15, 0.2) is 0 Å². The largest absolute Gasteiger partial charge is 0.393 e. The minimum atomic E-state index is -0.351. The van der Waals surface area contributed by atoms with Gasteiger partial charge >= 0.3 is 0 Å². The van der Waals surface area contributed by atoms with E-state index in [1.165, 1.54) is 31.3 Å². The molecule has 5 atom stereocenters. The molecular formula is C21H32O2. The van der Waals surface area contributed by atoms with E-state index in [1.807, 2.05) is 6.92 Å². The van der Waals surface area contributed by atoms with Gasteiger partial charge in [-0.2, -0.15) is 0 Å². The highest BCUT2D eigenvalue weighted by Gasteiger charge is 2.50. The van der Waals surface area contributed by atoms with Crippen LogP contribution in [-0.2, 0) is 0 Å². The SMILES string of the molecule is C=C1/C(=C\C=C2\CCC[C@]3(C)[C@@H](C(C)O)CC[C@@H]23)CCC[C@@H]1O. The predicted molar refractivity (Wildman–Crippen MR) is 95.0 cm³/mol. The summed E-state index contributed by atoms with van der Waals surface area (Å²) >= 11 is 0. The topological polar surface area (TPSA) is 40.5 Å². The van der Waals surface area contributed by atoms with Crippen molar-refractivity contribution in [2.75, 3.05) is 0 Å². The first-order chi connectivity index (χ1) is 10.9. The van der Waals surface area contributed by atoms with Crippen LogP contribution in [0.2, 0.25) is 0 Å². The molecule has 3 rings (SSSR count). The summed E-state index contributed by atoms with van der Waals surface area (Å²) in [4.78, 5) is 0. The zero-order valence-electron chi connectivity index (χ0n) is 14.7. The third-order valence-electron chi connectivity index (χ3n) is 6.86. The van der Waals surface area contributed by atoms with Crippen molar-refractivity contribution >= 4 is 0 Å². The molecule has 0 aliphatic heterocycles. The van der Waals surface area contributed by atoms with Crippen LogP contribution in [0, 0.1) is 17.3 Å². The lowest BCUT2D eigenvalue weighted by Crippen LogP contribution is -2.37. The van der Waals surface area contributed by atoms with E-state index < -0.39 is 0 Å². The zero-order chi connectivity index (χ0) is 16.6. The Labute approximate surface area is 141 Å². The first-order valence-corrected chi connectivity index (χ1v) is 9.38. The first kappa shape index (κ1) is 17.0. The van der Waals surface area contributed by atoms with Gasteiger partial charge in [0.1, 0.15) is 0 Å². The number of rotatable bonds is 2. The molecule has 0 radical (unpaired) electrons. The average molecular weight is 316 g/mol. The molecule has 0 spiro atoms. The highest BCUT2D eigenvalue weighted by Crippen LogP contribution is 2.58. The molecule has 0 saturated heterocycles. The molecular weight excluding hydrogens is 284 g/mol. The van der Waals surface area contributed by atoms with Gasteiger partial charge in [0.25, 0.3) is 0 Å². The fourth-order valence-electron chi connectivity index (χ4n) is 5.50. The van der Waals surface area contributed by atoms with Crippen molar-refractivity contribution in [3.05, 3.63) is 35.5 Å². The molecule has 3 saturated carbocycles. The Morgan fingerprint density at radius 3 is 2.70 bits per heavy atom. The van der Waals surface area contributed by atoms with Gasteiger partial charge in [-0.3, -0.25) is 0 Å². The average Bonchev–Trinajstić information content (AvgIpc) is 2.86. The van der Waals surface area contributed by atoms with Gasteiger partial charge < -0.3 is 10.2 Å². The molecule has 3 aliphatic rings. The number of aliphatic hydroxyl groups is 2. The lowest BCUT2D eigenvalue weighted by molar-refractivity contribution is 0.0302. The second kappa shape index (κ2) is 6.57. The van der Waals surface area contributed by atoms with E-state index >= 15 is 0 Å². The molecule has 1 unspecified atom stereocenters. The maximum Gasteiger partial charge on any atom is 0.0787 e. The van der Waals surface area contributed by atoms with Crippen LogP contribution in [0.5, 0.6) is 0 Å². The predicted octanol–water partition coefficient (Wildman–Crippen LogP) is 4.54. The van der Waals surface area contributed by atoms with Crippen LogP contribution < -0.4 is 0 Å². The number of allylic oxidation sites excluding steroid dienone is 3. The standard InChI is InChI=1S/C21H32O2/c1-14-16(6-4-8-20(14)23)9-10-17-7-5-13-21(3)18(15(2)22)11-12-19(17)21/h9-10,15,18-20,22-23H,1,4-8,11-13H2,2-3H3/b16-9-,17-10-/t15?,18-,19+,20+,21-/m1/s1. The van der Waals surface area contributed by atoms with Crippen LogP contribution in [0.1, 0.15) is 65.2 Å². The summed E-state index contributed by atoms with van der Waals surface area (Å²) in [6.45, 7) is 8.43. The van der Waals surface area contributed by atoms with Crippen molar-refractivity contribution in [2.24, 2.45) is 17.3 Å². The highest BCUT2D eigenvalue weighted by molar-refractivity contribution is 5.37. The van der Waals surface area contributed by atoms with Crippen molar-refractivity contribution in [1.82, 2.24) is 0 Å². The first-order valence-electron chi connectivity index (χ1n) is 9.38. The summed E-state index contributed by atoms with van der Waals surface area (Å²) in [7, 11) is 0. The van der Waals surface area contributed by atoms with Crippen LogP contribution in [0.15, 0.2) is 35.5 Å². The third kappa shape index (κ3) is 3.08. The molecule has 3 aliphatic carbocycles. The van der Waals surface area contributed by atoms with Crippen LogP contribution in [0.25, 0.3) is 0 Å². The van der Waals surface area contributed by atoms with Gasteiger partial charge in [0, 0.05) is 0 Å². The van der Waals surface area contributed by atoms with Gasteiger partial charge in [-0.1, -0.05) is 31.2 Å². The number of fused-ring (bicyclic) bond motifs is 1. The minimum absolute atomic E-state index is 0.198. The van der Waals surface area contributed by atoms with Gasteiger partial charge in [0.05, 0.1) is 12.2 Å². The van der Waals surface area contributed by atoms with Crippen LogP contribution in [0.4, 0.5) is 0 Å². The Kier molecular flexibility index (Phi) is 4.85. The minimum Gasteiger partial charge on any atom is -0.393 e. The van der Waals surface area contributed by atoms with Crippen molar-refractivity contribution in [3.63, 3.8) is 0 Å². The quantitative estimate of drug-likeness (QED) is 0.785. The van der Waals surface area contributed by atoms with Crippen LogP contribution in [-0.4, -0.2) is 22.4 Å². The zero-order valence-corrected chi connectivity index (χ0v) is 14.7. The lowest BCUT2D eigenvalue weighted by Gasteiger charge is -2.43. The van der Waals surface area contributed by atoms with E-state index in [4.69, 9.17) is 0 Å². The van der Waals surface area contributed by atoms with Crippen molar-refractivity contribution in [1.29, 1.82) is 0 Å². The Morgan fingerprint density at radius 2 is 1.96 bits per heavy atom. The second-order valence-corrected chi connectivity index (χ2v) is 8.20. The summed E-state index contributed by atoms with van der Waals surface area (Å²) in [5.74, 6) is 1.06. The molecule has 2 N–H and O–H groups in total. The second-order valence-electron chi connectivity index (χ2n) is 8.20. The molecule has 0 amide bonds. The number of hydrogen-bond acceptors (Lipinski definition) is 2. The molecule has 0 heterocycles. The van der Waals surface area contributed by atoms with Gasteiger partial charge in [-0.05, 0) is 86.7 Å². The Bertz CT molecular complexity index is 528. The molecule has 2 heteroatoms. The van der Waals surface area contributed by atoms with Crippen molar-refractivity contribution in [3.8, 4) is 0 Å². The van der Waals surface area contributed by atoms with Gasteiger partial charge in [-0.25, -0.2) is 0 Å². The van der Waals surface area contributed by atoms with E-state index in [1.54, 1.807) is 5.57 Å². The molecule has 0 aromatic carbocycles. The fraction of sp³-hybridized carbons (Fsp3) is 0.714. The monoisotopic (exact) mass is 316 g/mol. The van der Waals surface area contributed by atoms with E-state index in [0.717, 1.165) is 31.3 Å². The smallest absolute Gasteiger partial charge is 0.0787 e. The molecule has 0 aromatic rings. The summed E-state index contributed by atoms with van der Waals surface area (Å²) in [6, 6.07) is 0. The maximum atomic E-state index is 10.2. The van der Waals surface area contributed by atoms with Crippen molar-refractivity contribution in [2.45, 2.75) is 77.4 Å². The van der Waals surface area contributed by atoms with Crippen molar-refractivity contribution < 1.29 is 10.2 Å². The Balaban J connectivity index is 1.82. The third-order valence-corrected chi connectivity index (χ3v) is 6.86. The molecule has 0 bridgehead atoms. The van der Waals surface area contributed by atoms with E-state index in [-0.39, 0.29) is 17.6 Å². The maximum absolute atomic E-state index is 10.2. The van der Waals surface area contributed by atoms with Gasteiger partial charge in [0.2, 0.25) is 0 Å². The normalized spacial score (nSPS) is 43.0. The van der Waals surface area contributed by atoms with E-state index in [2.05, 4.69) is 25.7 Å². The van der Waals surface area contributed by atoms with Crippen LogP contribution in [0.3, 0.4) is 0 Å². The Hall–Kier alpha value is -0.860. The van der Waals surface area contributed by atoms with E-state index in [9.17, 15) is 10.2 Å². The molecule has 128 valence electrons. The summed E-state index contributed by atoms with van der Waals surface area (Å²) < 4.78 is 0. The Morgan fingerprint density at radius 1 is 1.17 bits per heavy atom. The molecule has 3 fully saturated rings. The summed E-state index contributed by atoms with van der Waals surface area (Å²) in [5.41, 5.74) is 3.97. The van der Waals surface area contributed by atoms with Crippen LogP contribution >= 0.6 is 0 Å². The number of hydrogen-bond donors (Lipinski definition) is 2. The summed E-state index contributed by atoms with van der Waals surface area (Å²) in [6.07, 6.45) is 13.0. The molecule has 23 heavy (non-hydrogen) atoms. The molecule has 0 aromatic heterocycles. The number of aliphatic hydroxyl groups excluding tert-OH is 2. The fourth-order valence-corrected chi connectivity index (χ4v) is 5.50. The highest BCUT2D eigenvalue weighted by atomic mass is 16.3. The van der Waals surface area contributed by atoms with Gasteiger partial charge in [-0.15, -0.1) is 0 Å². The summed E-state index contributed by atoms with van der Waals surface area (Å²) in [5, 5.41) is 20.2. The molecule has 2 nitrogen and oxygen atoms in total. The van der Waals surface area contributed by atoms with E-state index in [0.29, 0.717) is 11.8 Å². The lowest BCUT2D eigenvalue weighted by atomic mass is 9.62.